The minimum atomic E-state index is -0.249. The number of rotatable bonds is 2. The van der Waals surface area contributed by atoms with E-state index in [1.165, 1.54) is 6.42 Å². The molecule has 0 radical (unpaired) electrons. The van der Waals surface area contributed by atoms with Gasteiger partial charge in [0.2, 0.25) is 0 Å². The average molecular weight is 196 g/mol. The summed E-state index contributed by atoms with van der Waals surface area (Å²) in [6, 6.07) is 0. The van der Waals surface area contributed by atoms with Gasteiger partial charge in [0.15, 0.2) is 0 Å². The summed E-state index contributed by atoms with van der Waals surface area (Å²) in [5.74, 6) is -0.209. The first-order chi connectivity index (χ1) is 6.64. The summed E-state index contributed by atoms with van der Waals surface area (Å²) in [5.41, 5.74) is -0.249. The highest BCUT2D eigenvalue weighted by atomic mass is 16.6. The van der Waals surface area contributed by atoms with E-state index in [1.807, 2.05) is 0 Å². The first-order valence-electron chi connectivity index (χ1n) is 5.36. The topological polar surface area (TPSA) is 43.4 Å². The van der Waals surface area contributed by atoms with Gasteiger partial charge in [0.25, 0.3) is 0 Å². The van der Waals surface area contributed by atoms with E-state index in [0.29, 0.717) is 6.42 Å². The van der Waals surface area contributed by atoms with Crippen LogP contribution in [0.15, 0.2) is 0 Å². The van der Waals surface area contributed by atoms with Gasteiger partial charge >= 0.3 is 5.97 Å². The van der Waals surface area contributed by atoms with Gasteiger partial charge in [-0.2, -0.15) is 0 Å². The molecule has 0 N–H and O–H groups in total. The van der Waals surface area contributed by atoms with Gasteiger partial charge in [0.05, 0.1) is 0 Å². The van der Waals surface area contributed by atoms with E-state index < -0.39 is 0 Å². The van der Waals surface area contributed by atoms with Gasteiger partial charge in [-0.1, -0.05) is 6.42 Å². The molecule has 1 atom stereocenters. The molecule has 1 heterocycles. The van der Waals surface area contributed by atoms with Crippen molar-refractivity contribution in [2.45, 2.75) is 51.0 Å². The van der Waals surface area contributed by atoms with Crippen LogP contribution in [0.2, 0.25) is 0 Å². The summed E-state index contributed by atoms with van der Waals surface area (Å²) >= 11 is 0. The van der Waals surface area contributed by atoms with Crippen LogP contribution in [0.25, 0.3) is 0 Å². The molecule has 1 spiro atoms. The Bertz CT molecular complexity index is 264. The molecular weight excluding hydrogens is 180 g/mol. The van der Waals surface area contributed by atoms with Crippen LogP contribution in [-0.4, -0.2) is 17.4 Å². The van der Waals surface area contributed by atoms with E-state index in [0.717, 1.165) is 25.7 Å². The second-order valence-corrected chi connectivity index (χ2v) is 4.51. The van der Waals surface area contributed by atoms with E-state index in [9.17, 15) is 9.59 Å². The Morgan fingerprint density at radius 2 is 2.07 bits per heavy atom. The van der Waals surface area contributed by atoms with E-state index in [-0.39, 0.29) is 23.3 Å². The first kappa shape index (κ1) is 9.69. The summed E-state index contributed by atoms with van der Waals surface area (Å²) in [6.07, 6.45) is 5.77. The van der Waals surface area contributed by atoms with Crippen LogP contribution in [0.3, 0.4) is 0 Å². The number of hydrogen-bond acceptors (Lipinski definition) is 3. The minimum absolute atomic E-state index is 0.0941. The Morgan fingerprint density at radius 1 is 1.43 bits per heavy atom. The van der Waals surface area contributed by atoms with Crippen molar-refractivity contribution in [3.05, 3.63) is 0 Å². The van der Waals surface area contributed by atoms with Crippen molar-refractivity contribution in [2.24, 2.45) is 5.92 Å². The van der Waals surface area contributed by atoms with E-state index in [2.05, 4.69) is 0 Å². The number of carbonyl (C=O) groups is 2. The van der Waals surface area contributed by atoms with Crippen LogP contribution in [0.4, 0.5) is 0 Å². The van der Waals surface area contributed by atoms with Gasteiger partial charge in [-0.05, 0) is 32.6 Å². The fourth-order valence-corrected chi connectivity index (χ4v) is 2.66. The maximum Gasteiger partial charge on any atom is 0.314 e. The average Bonchev–Trinajstić information content (AvgIpc) is 2.16. The van der Waals surface area contributed by atoms with Crippen molar-refractivity contribution in [1.29, 1.82) is 0 Å². The predicted molar refractivity (Wildman–Crippen MR) is 50.7 cm³/mol. The van der Waals surface area contributed by atoms with Crippen molar-refractivity contribution in [2.75, 3.05) is 0 Å². The Hall–Kier alpha value is -0.860. The summed E-state index contributed by atoms with van der Waals surface area (Å²) in [6.45, 7) is 1.54. The number of esters is 1. The molecule has 1 saturated heterocycles. The molecule has 0 aromatic carbocycles. The Balaban J connectivity index is 2.05. The molecule has 3 heteroatoms. The molecular formula is C11H16O3. The number of hydrogen-bond donors (Lipinski definition) is 0. The third-order valence-electron chi connectivity index (χ3n) is 3.41. The lowest BCUT2D eigenvalue weighted by Crippen LogP contribution is -2.58. The minimum Gasteiger partial charge on any atom is -0.458 e. The molecule has 0 amide bonds. The fraction of sp³-hybridized carbons (Fsp3) is 0.818. The van der Waals surface area contributed by atoms with Crippen LogP contribution in [0.5, 0.6) is 0 Å². The van der Waals surface area contributed by atoms with Crippen molar-refractivity contribution >= 4 is 11.8 Å². The van der Waals surface area contributed by atoms with Gasteiger partial charge in [-0.25, -0.2) is 0 Å². The molecule has 14 heavy (non-hydrogen) atoms. The summed E-state index contributed by atoms with van der Waals surface area (Å²) in [4.78, 5) is 22.3. The highest BCUT2D eigenvalue weighted by Gasteiger charge is 2.56. The van der Waals surface area contributed by atoms with E-state index >= 15 is 0 Å². The molecule has 1 saturated carbocycles. The zero-order valence-electron chi connectivity index (χ0n) is 8.54. The zero-order valence-corrected chi connectivity index (χ0v) is 8.54. The SMILES string of the molecule is CC(=O)CC1C(=O)OC12CCCCC2. The maximum atomic E-state index is 11.3. The maximum absolute atomic E-state index is 11.3. The number of Topliss-reactive ketones (excluding diaryl/α,β-unsaturated/α-hetero) is 1. The van der Waals surface area contributed by atoms with Gasteiger partial charge in [0, 0.05) is 6.42 Å². The molecule has 1 aliphatic carbocycles. The quantitative estimate of drug-likeness (QED) is 0.633. The fourth-order valence-electron chi connectivity index (χ4n) is 2.66. The van der Waals surface area contributed by atoms with Gasteiger partial charge in [0.1, 0.15) is 17.3 Å². The smallest absolute Gasteiger partial charge is 0.314 e. The van der Waals surface area contributed by atoms with Crippen molar-refractivity contribution in [1.82, 2.24) is 0 Å². The molecule has 0 aromatic heterocycles. The summed E-state index contributed by atoms with van der Waals surface area (Å²) in [7, 11) is 0. The second kappa shape index (κ2) is 3.37. The molecule has 3 nitrogen and oxygen atoms in total. The molecule has 78 valence electrons. The highest BCUT2D eigenvalue weighted by Crippen LogP contribution is 2.47. The van der Waals surface area contributed by atoms with Crippen molar-refractivity contribution in [3.8, 4) is 0 Å². The van der Waals surface area contributed by atoms with E-state index in [1.54, 1.807) is 6.92 Å². The monoisotopic (exact) mass is 196 g/mol. The predicted octanol–water partition coefficient (Wildman–Crippen LogP) is 1.84. The lowest BCUT2D eigenvalue weighted by molar-refractivity contribution is -0.221. The Labute approximate surface area is 83.8 Å². The van der Waals surface area contributed by atoms with Crippen LogP contribution in [0.1, 0.15) is 45.4 Å². The van der Waals surface area contributed by atoms with Crippen molar-refractivity contribution in [3.63, 3.8) is 0 Å². The molecule has 2 rings (SSSR count). The number of ether oxygens (including phenoxy) is 1. The largest absolute Gasteiger partial charge is 0.458 e. The second-order valence-electron chi connectivity index (χ2n) is 4.51. The molecule has 2 aliphatic rings. The summed E-state index contributed by atoms with van der Waals surface area (Å²) in [5, 5.41) is 0. The lowest BCUT2D eigenvalue weighted by atomic mass is 9.70. The molecule has 2 fully saturated rings. The van der Waals surface area contributed by atoms with Crippen molar-refractivity contribution < 1.29 is 14.3 Å². The van der Waals surface area contributed by atoms with Gasteiger partial charge in [-0.3, -0.25) is 9.59 Å². The van der Waals surface area contributed by atoms with Crippen LogP contribution >= 0.6 is 0 Å². The highest BCUT2D eigenvalue weighted by molar-refractivity contribution is 5.87. The van der Waals surface area contributed by atoms with Gasteiger partial charge < -0.3 is 4.74 Å². The van der Waals surface area contributed by atoms with Crippen LogP contribution in [0, 0.1) is 5.92 Å². The zero-order chi connectivity index (χ0) is 10.2. The molecule has 1 unspecified atom stereocenters. The Kier molecular flexibility index (Phi) is 2.33. The third kappa shape index (κ3) is 1.45. The molecule has 0 aromatic rings. The standard InChI is InChI=1S/C11H16O3/c1-8(12)7-9-10(13)14-11(9)5-3-2-4-6-11/h9H,2-7H2,1H3. The molecule has 1 aliphatic heterocycles. The summed E-state index contributed by atoms with van der Waals surface area (Å²) < 4.78 is 5.29. The Morgan fingerprint density at radius 3 is 2.57 bits per heavy atom. The third-order valence-corrected chi connectivity index (χ3v) is 3.41. The molecule has 0 bridgehead atoms. The van der Waals surface area contributed by atoms with Crippen LogP contribution < -0.4 is 0 Å². The number of ketones is 1. The van der Waals surface area contributed by atoms with E-state index in [4.69, 9.17) is 4.74 Å². The normalized spacial score (nSPS) is 29.5. The first-order valence-corrected chi connectivity index (χ1v) is 5.36. The lowest BCUT2D eigenvalue weighted by Gasteiger charge is -2.49. The van der Waals surface area contributed by atoms with Crippen LogP contribution in [-0.2, 0) is 14.3 Å². The number of carbonyl (C=O) groups excluding carboxylic acids is 2. The van der Waals surface area contributed by atoms with Gasteiger partial charge in [-0.15, -0.1) is 0 Å².